The summed E-state index contributed by atoms with van der Waals surface area (Å²) in [7, 11) is 1.97. The van der Waals surface area contributed by atoms with E-state index in [1.807, 2.05) is 53.1 Å². The van der Waals surface area contributed by atoms with Crippen LogP contribution in [0.25, 0.3) is 22.7 Å². The topological polar surface area (TPSA) is 64.6 Å². The van der Waals surface area contributed by atoms with Gasteiger partial charge in [0.2, 0.25) is 0 Å². The predicted octanol–water partition coefficient (Wildman–Crippen LogP) is 0.588. The number of pyridine rings is 1. The van der Waals surface area contributed by atoms with E-state index in [0.29, 0.717) is 17.0 Å². The van der Waals surface area contributed by atoms with Gasteiger partial charge in [0.15, 0.2) is 5.65 Å². The Labute approximate surface area is 139 Å². The molecular formula is C17H16BN5O. The van der Waals surface area contributed by atoms with Gasteiger partial charge in [0.25, 0.3) is 5.56 Å². The summed E-state index contributed by atoms with van der Waals surface area (Å²) in [5.74, 6) is 0. The third kappa shape index (κ3) is 2.20. The van der Waals surface area contributed by atoms with Crippen molar-refractivity contribution in [3.63, 3.8) is 0 Å². The number of hydrogen-bond donors (Lipinski definition) is 0. The molecule has 4 rings (SSSR count). The number of hydrogen-bond acceptors (Lipinski definition) is 4. The Morgan fingerprint density at radius 3 is 2.46 bits per heavy atom. The SMILES string of the molecule is Bc1cc(C)c2nc(-c3cc(C)c4nc(C)cn4n3)cc(=O)n2c1. The van der Waals surface area contributed by atoms with Crippen molar-refractivity contribution in [1.29, 1.82) is 0 Å². The summed E-state index contributed by atoms with van der Waals surface area (Å²) in [6.07, 6.45) is 3.68. The van der Waals surface area contributed by atoms with Crippen LogP contribution >= 0.6 is 0 Å². The van der Waals surface area contributed by atoms with Crippen LogP contribution in [-0.4, -0.2) is 31.8 Å². The average molecular weight is 317 g/mol. The first kappa shape index (κ1) is 14.6. The number of imidazole rings is 1. The van der Waals surface area contributed by atoms with Crippen molar-refractivity contribution < 1.29 is 0 Å². The first-order valence-corrected chi connectivity index (χ1v) is 7.77. The van der Waals surface area contributed by atoms with Gasteiger partial charge >= 0.3 is 0 Å². The summed E-state index contributed by atoms with van der Waals surface area (Å²) in [4.78, 5) is 21.6. The standard InChI is InChI=1S/C17H16BN5O/c1-9-4-12(18)8-22-15(24)6-13(20-16(9)22)14-5-10(2)17-19-11(3)7-23(17)21-14/h4-8H,18H2,1-3H3. The first-order valence-electron chi connectivity index (χ1n) is 7.77. The number of fused-ring (bicyclic) bond motifs is 2. The molecule has 4 heterocycles. The Kier molecular flexibility index (Phi) is 3.06. The molecule has 0 aliphatic heterocycles. The Morgan fingerprint density at radius 1 is 0.917 bits per heavy atom. The number of rotatable bonds is 1. The molecule has 4 aromatic rings. The van der Waals surface area contributed by atoms with Crippen LogP contribution < -0.4 is 11.0 Å². The fourth-order valence-electron chi connectivity index (χ4n) is 3.04. The molecule has 7 heteroatoms. The van der Waals surface area contributed by atoms with E-state index < -0.39 is 0 Å². The van der Waals surface area contributed by atoms with Gasteiger partial charge in [0.1, 0.15) is 19.2 Å². The van der Waals surface area contributed by atoms with E-state index in [1.165, 1.54) is 6.07 Å². The highest BCUT2D eigenvalue weighted by molar-refractivity contribution is 6.32. The van der Waals surface area contributed by atoms with Crippen molar-refractivity contribution in [3.05, 3.63) is 57.8 Å². The molecule has 0 amide bonds. The molecule has 4 aromatic heterocycles. The largest absolute Gasteiger partial charge is 0.269 e. The Bertz CT molecular complexity index is 1180. The number of aryl methyl sites for hydroxylation is 3. The van der Waals surface area contributed by atoms with Crippen LogP contribution in [0.3, 0.4) is 0 Å². The fourth-order valence-corrected chi connectivity index (χ4v) is 3.04. The van der Waals surface area contributed by atoms with Gasteiger partial charge in [-0.05, 0) is 38.0 Å². The zero-order valence-electron chi connectivity index (χ0n) is 14.0. The molecule has 0 aliphatic carbocycles. The normalized spacial score (nSPS) is 11.5. The molecule has 6 nitrogen and oxygen atoms in total. The van der Waals surface area contributed by atoms with Gasteiger partial charge in [0, 0.05) is 12.3 Å². The third-order valence-corrected chi connectivity index (χ3v) is 4.07. The molecule has 0 unspecified atom stereocenters. The molecule has 0 saturated carbocycles. The minimum atomic E-state index is -0.108. The molecule has 0 bridgehead atoms. The number of nitrogens with zero attached hydrogens (tertiary/aromatic N) is 5. The van der Waals surface area contributed by atoms with Gasteiger partial charge in [-0.2, -0.15) is 5.10 Å². The van der Waals surface area contributed by atoms with Crippen LogP contribution in [0.1, 0.15) is 16.8 Å². The first-order chi connectivity index (χ1) is 11.4. The molecule has 0 aliphatic rings. The van der Waals surface area contributed by atoms with Crippen molar-refractivity contribution >= 4 is 24.6 Å². The molecule has 118 valence electrons. The van der Waals surface area contributed by atoms with Crippen molar-refractivity contribution in [2.75, 3.05) is 0 Å². The van der Waals surface area contributed by atoms with E-state index in [2.05, 4.69) is 15.1 Å². The van der Waals surface area contributed by atoms with Gasteiger partial charge in [-0.25, -0.2) is 14.5 Å². The van der Waals surface area contributed by atoms with E-state index in [0.717, 1.165) is 27.9 Å². The van der Waals surface area contributed by atoms with Crippen LogP contribution in [0.5, 0.6) is 0 Å². The second-order valence-corrected chi connectivity index (χ2v) is 6.24. The Hall–Kier alpha value is -2.96. The highest BCUT2D eigenvalue weighted by Gasteiger charge is 2.11. The maximum absolute atomic E-state index is 12.5. The average Bonchev–Trinajstić information content (AvgIpc) is 2.89. The van der Waals surface area contributed by atoms with E-state index >= 15 is 0 Å². The summed E-state index contributed by atoms with van der Waals surface area (Å²) >= 11 is 0. The van der Waals surface area contributed by atoms with E-state index in [1.54, 1.807) is 8.92 Å². The molecule has 0 atom stereocenters. The van der Waals surface area contributed by atoms with Crippen molar-refractivity contribution in [1.82, 2.24) is 24.0 Å². The lowest BCUT2D eigenvalue weighted by Crippen LogP contribution is -2.20. The molecule has 0 fully saturated rings. The van der Waals surface area contributed by atoms with Gasteiger partial charge in [-0.3, -0.25) is 9.20 Å². The van der Waals surface area contributed by atoms with Crippen molar-refractivity contribution in [3.8, 4) is 11.4 Å². The van der Waals surface area contributed by atoms with Crippen molar-refractivity contribution in [2.24, 2.45) is 0 Å². The van der Waals surface area contributed by atoms with Crippen LogP contribution in [-0.2, 0) is 0 Å². The van der Waals surface area contributed by atoms with E-state index in [4.69, 9.17) is 0 Å². The third-order valence-electron chi connectivity index (χ3n) is 4.07. The Morgan fingerprint density at radius 2 is 1.67 bits per heavy atom. The van der Waals surface area contributed by atoms with Gasteiger partial charge < -0.3 is 0 Å². The molecule has 0 spiro atoms. The van der Waals surface area contributed by atoms with E-state index in [-0.39, 0.29) is 5.56 Å². The maximum Gasteiger partial charge on any atom is 0.258 e. The highest BCUT2D eigenvalue weighted by Crippen LogP contribution is 2.18. The molecule has 0 radical (unpaired) electrons. The van der Waals surface area contributed by atoms with Crippen LogP contribution in [0.2, 0.25) is 0 Å². The molecule has 0 saturated heterocycles. The summed E-state index contributed by atoms with van der Waals surface area (Å²) < 4.78 is 3.33. The summed E-state index contributed by atoms with van der Waals surface area (Å²) in [6, 6.07) is 5.47. The molecule has 0 N–H and O–H groups in total. The van der Waals surface area contributed by atoms with Gasteiger partial charge in [-0.15, -0.1) is 0 Å². The van der Waals surface area contributed by atoms with Crippen LogP contribution in [0.4, 0.5) is 0 Å². The fraction of sp³-hybridized carbons (Fsp3) is 0.176. The Balaban J connectivity index is 2.01. The summed E-state index contributed by atoms with van der Waals surface area (Å²) in [6.45, 7) is 5.87. The monoisotopic (exact) mass is 317 g/mol. The minimum Gasteiger partial charge on any atom is -0.269 e. The van der Waals surface area contributed by atoms with E-state index in [9.17, 15) is 4.79 Å². The summed E-state index contributed by atoms with van der Waals surface area (Å²) in [5, 5.41) is 4.57. The van der Waals surface area contributed by atoms with Crippen LogP contribution in [0.15, 0.2) is 35.4 Å². The maximum atomic E-state index is 12.5. The second kappa shape index (κ2) is 5.02. The minimum absolute atomic E-state index is 0.108. The molecular weight excluding hydrogens is 301 g/mol. The van der Waals surface area contributed by atoms with Gasteiger partial charge in [0.05, 0.1) is 17.6 Å². The quantitative estimate of drug-likeness (QED) is 0.482. The smallest absolute Gasteiger partial charge is 0.258 e. The lowest BCUT2D eigenvalue weighted by molar-refractivity contribution is 0.925. The number of aromatic nitrogens is 5. The lowest BCUT2D eigenvalue weighted by Gasteiger charge is -2.08. The predicted molar refractivity (Wildman–Crippen MR) is 95.8 cm³/mol. The second-order valence-electron chi connectivity index (χ2n) is 6.24. The highest BCUT2D eigenvalue weighted by atomic mass is 16.1. The van der Waals surface area contributed by atoms with Crippen molar-refractivity contribution in [2.45, 2.75) is 20.8 Å². The van der Waals surface area contributed by atoms with Crippen LogP contribution in [0, 0.1) is 20.8 Å². The van der Waals surface area contributed by atoms with Gasteiger partial charge in [-0.1, -0.05) is 11.5 Å². The zero-order valence-corrected chi connectivity index (χ0v) is 14.0. The molecule has 24 heavy (non-hydrogen) atoms. The zero-order chi connectivity index (χ0) is 17.0. The lowest BCUT2D eigenvalue weighted by atomic mass is 9.97. The molecule has 0 aromatic carbocycles. The summed E-state index contributed by atoms with van der Waals surface area (Å²) in [5.41, 5.74) is 6.50.